The molecule has 0 saturated carbocycles. The van der Waals surface area contributed by atoms with Crippen molar-refractivity contribution in [2.45, 2.75) is 25.8 Å². The lowest BCUT2D eigenvalue weighted by Gasteiger charge is -2.32. The maximum atomic E-state index is 5.48. The van der Waals surface area contributed by atoms with Crippen molar-refractivity contribution in [3.63, 3.8) is 0 Å². The van der Waals surface area contributed by atoms with Gasteiger partial charge < -0.3 is 15.4 Å². The Labute approximate surface area is 75.9 Å². The first kappa shape index (κ1) is 11.9. The average Bonchev–Trinajstić information content (AvgIpc) is 1.98. The van der Waals surface area contributed by atoms with Crippen LogP contribution in [0.25, 0.3) is 0 Å². The van der Waals surface area contributed by atoms with Crippen molar-refractivity contribution >= 4 is 0 Å². The standard InChI is InChI=1S/C9H22N2O/c1-9(2,11(3)4)8-12-7-5-6-10/h5-8,10H2,1-4H3. The van der Waals surface area contributed by atoms with Gasteiger partial charge in [-0.15, -0.1) is 0 Å². The Morgan fingerprint density at radius 1 is 1.33 bits per heavy atom. The first-order valence-corrected chi connectivity index (χ1v) is 4.46. The summed E-state index contributed by atoms with van der Waals surface area (Å²) in [5.41, 5.74) is 5.47. The molecule has 2 N–H and O–H groups in total. The number of rotatable bonds is 6. The third-order valence-corrected chi connectivity index (χ3v) is 2.16. The quantitative estimate of drug-likeness (QED) is 0.602. The summed E-state index contributed by atoms with van der Waals surface area (Å²) in [6.07, 6.45) is 0.948. The summed E-state index contributed by atoms with van der Waals surface area (Å²) in [7, 11) is 4.12. The molecular weight excluding hydrogens is 152 g/mol. The zero-order chi connectivity index (χ0) is 9.61. The summed E-state index contributed by atoms with van der Waals surface area (Å²) >= 11 is 0. The van der Waals surface area contributed by atoms with E-state index in [-0.39, 0.29) is 5.54 Å². The molecule has 0 atom stereocenters. The van der Waals surface area contributed by atoms with Crippen LogP contribution in [0.15, 0.2) is 0 Å². The smallest absolute Gasteiger partial charge is 0.0644 e. The van der Waals surface area contributed by atoms with E-state index in [1.807, 2.05) is 0 Å². The molecule has 0 aromatic heterocycles. The van der Waals surface area contributed by atoms with Crippen molar-refractivity contribution in [2.24, 2.45) is 5.73 Å². The number of nitrogens with zero attached hydrogens (tertiary/aromatic N) is 1. The van der Waals surface area contributed by atoms with Crippen molar-refractivity contribution in [3.05, 3.63) is 0 Å². The third-order valence-electron chi connectivity index (χ3n) is 2.16. The molecule has 0 heterocycles. The number of hydrogen-bond donors (Lipinski definition) is 1. The molecule has 12 heavy (non-hydrogen) atoms. The van der Waals surface area contributed by atoms with Gasteiger partial charge in [-0.3, -0.25) is 0 Å². The highest BCUT2D eigenvalue weighted by atomic mass is 16.5. The molecule has 0 aromatic carbocycles. The Morgan fingerprint density at radius 3 is 2.33 bits per heavy atom. The fourth-order valence-electron chi connectivity index (χ4n) is 0.636. The minimum atomic E-state index is 0.120. The molecule has 3 heteroatoms. The minimum Gasteiger partial charge on any atom is -0.380 e. The largest absolute Gasteiger partial charge is 0.380 e. The van der Waals surface area contributed by atoms with E-state index >= 15 is 0 Å². The van der Waals surface area contributed by atoms with Crippen molar-refractivity contribution in [3.8, 4) is 0 Å². The highest BCUT2D eigenvalue weighted by Gasteiger charge is 2.19. The molecule has 0 aliphatic heterocycles. The SMILES string of the molecule is CN(C)C(C)(C)COCCCN. The van der Waals surface area contributed by atoms with Gasteiger partial charge in [-0.1, -0.05) is 0 Å². The molecule has 0 fully saturated rings. The average molecular weight is 174 g/mol. The molecule has 0 aliphatic rings. The van der Waals surface area contributed by atoms with E-state index in [1.165, 1.54) is 0 Å². The summed E-state index contributed by atoms with van der Waals surface area (Å²) < 4.78 is 5.48. The van der Waals surface area contributed by atoms with Gasteiger partial charge in [-0.2, -0.15) is 0 Å². The van der Waals surface area contributed by atoms with Crippen LogP contribution in [0.2, 0.25) is 0 Å². The van der Waals surface area contributed by atoms with E-state index in [0.717, 1.165) is 19.6 Å². The van der Waals surface area contributed by atoms with E-state index in [2.05, 4.69) is 32.8 Å². The van der Waals surface area contributed by atoms with E-state index in [4.69, 9.17) is 10.5 Å². The molecule has 0 saturated heterocycles. The third kappa shape index (κ3) is 4.70. The number of nitrogens with two attached hydrogens (primary N) is 1. The number of ether oxygens (including phenoxy) is 1. The van der Waals surface area contributed by atoms with Gasteiger partial charge in [0, 0.05) is 12.1 Å². The molecule has 0 aliphatic carbocycles. The van der Waals surface area contributed by atoms with E-state index in [9.17, 15) is 0 Å². The predicted octanol–water partition coefficient (Wildman–Crippen LogP) is 0.692. The summed E-state index contributed by atoms with van der Waals surface area (Å²) in [6.45, 7) is 6.57. The Hall–Kier alpha value is -0.120. The van der Waals surface area contributed by atoms with Crippen LogP contribution in [0.5, 0.6) is 0 Å². The van der Waals surface area contributed by atoms with Crippen LogP contribution in [0, 0.1) is 0 Å². The zero-order valence-corrected chi connectivity index (χ0v) is 8.76. The van der Waals surface area contributed by atoms with Crippen molar-refractivity contribution in [2.75, 3.05) is 33.9 Å². The fourth-order valence-corrected chi connectivity index (χ4v) is 0.636. The van der Waals surface area contributed by atoms with E-state index in [0.29, 0.717) is 6.54 Å². The van der Waals surface area contributed by atoms with Gasteiger partial charge >= 0.3 is 0 Å². The maximum Gasteiger partial charge on any atom is 0.0644 e. The fraction of sp³-hybridized carbons (Fsp3) is 1.00. The molecule has 3 nitrogen and oxygen atoms in total. The molecule has 0 amide bonds. The van der Waals surface area contributed by atoms with Crippen LogP contribution < -0.4 is 5.73 Å². The van der Waals surface area contributed by atoms with Crippen LogP contribution in [-0.2, 0) is 4.74 Å². The Bertz CT molecular complexity index is 113. The predicted molar refractivity (Wildman–Crippen MR) is 52.3 cm³/mol. The lowest BCUT2D eigenvalue weighted by molar-refractivity contribution is 0.0359. The number of likely N-dealkylation sites (N-methyl/N-ethyl adjacent to an activating group) is 1. The Kier molecular flexibility index (Phi) is 5.46. The lowest BCUT2D eigenvalue weighted by atomic mass is 10.1. The molecular formula is C9H22N2O. The van der Waals surface area contributed by atoms with Gasteiger partial charge in [-0.05, 0) is 40.9 Å². The first-order chi connectivity index (χ1) is 5.50. The maximum absolute atomic E-state index is 5.48. The van der Waals surface area contributed by atoms with E-state index in [1.54, 1.807) is 0 Å². The van der Waals surface area contributed by atoms with Gasteiger partial charge in [0.15, 0.2) is 0 Å². The van der Waals surface area contributed by atoms with Crippen LogP contribution in [0.3, 0.4) is 0 Å². The monoisotopic (exact) mass is 174 g/mol. The van der Waals surface area contributed by atoms with Crippen molar-refractivity contribution in [1.82, 2.24) is 4.90 Å². The van der Waals surface area contributed by atoms with Crippen LogP contribution >= 0.6 is 0 Å². The molecule has 0 bridgehead atoms. The topological polar surface area (TPSA) is 38.5 Å². The van der Waals surface area contributed by atoms with Crippen LogP contribution in [0.1, 0.15) is 20.3 Å². The molecule has 0 unspecified atom stereocenters. The Morgan fingerprint density at radius 2 is 1.92 bits per heavy atom. The highest BCUT2D eigenvalue weighted by molar-refractivity contribution is 4.75. The van der Waals surface area contributed by atoms with Gasteiger partial charge in [-0.25, -0.2) is 0 Å². The molecule has 0 radical (unpaired) electrons. The first-order valence-electron chi connectivity index (χ1n) is 4.46. The summed E-state index contributed by atoms with van der Waals surface area (Å²) in [5.74, 6) is 0. The second-order valence-electron chi connectivity index (χ2n) is 3.90. The van der Waals surface area contributed by atoms with Gasteiger partial charge in [0.25, 0.3) is 0 Å². The lowest BCUT2D eigenvalue weighted by Crippen LogP contribution is -2.42. The van der Waals surface area contributed by atoms with Gasteiger partial charge in [0.05, 0.1) is 6.61 Å². The molecule has 0 rings (SSSR count). The van der Waals surface area contributed by atoms with Crippen molar-refractivity contribution in [1.29, 1.82) is 0 Å². The van der Waals surface area contributed by atoms with Crippen LogP contribution in [-0.4, -0.2) is 44.3 Å². The molecule has 0 aromatic rings. The van der Waals surface area contributed by atoms with Crippen LogP contribution in [0.4, 0.5) is 0 Å². The number of hydrogen-bond acceptors (Lipinski definition) is 3. The Balaban J connectivity index is 3.47. The summed E-state index contributed by atoms with van der Waals surface area (Å²) in [5, 5.41) is 0. The highest BCUT2D eigenvalue weighted by Crippen LogP contribution is 2.09. The summed E-state index contributed by atoms with van der Waals surface area (Å²) in [4.78, 5) is 2.16. The molecule has 74 valence electrons. The normalized spacial score (nSPS) is 12.5. The van der Waals surface area contributed by atoms with E-state index < -0.39 is 0 Å². The zero-order valence-electron chi connectivity index (χ0n) is 8.76. The molecule has 0 spiro atoms. The second-order valence-corrected chi connectivity index (χ2v) is 3.90. The van der Waals surface area contributed by atoms with Gasteiger partial charge in [0.1, 0.15) is 0 Å². The summed E-state index contributed by atoms with van der Waals surface area (Å²) in [6, 6.07) is 0. The van der Waals surface area contributed by atoms with Gasteiger partial charge in [0.2, 0.25) is 0 Å². The van der Waals surface area contributed by atoms with Crippen molar-refractivity contribution < 1.29 is 4.74 Å². The minimum absolute atomic E-state index is 0.120. The second kappa shape index (κ2) is 5.51.